The summed E-state index contributed by atoms with van der Waals surface area (Å²) in [4.78, 5) is 11.7. The van der Waals surface area contributed by atoms with Crippen LogP contribution in [0.25, 0.3) is 56.0 Å². The molecule has 0 saturated carbocycles. The number of hydrogen-bond donors (Lipinski definition) is 0. The van der Waals surface area contributed by atoms with Crippen molar-refractivity contribution in [3.8, 4) is 20.2 Å². The highest BCUT2D eigenvalue weighted by molar-refractivity contribution is 7.31. The van der Waals surface area contributed by atoms with Crippen molar-refractivity contribution in [1.29, 1.82) is 0 Å². The summed E-state index contributed by atoms with van der Waals surface area (Å²) in [7, 11) is 0. The molecule has 0 aliphatic carbocycles. The van der Waals surface area contributed by atoms with Crippen LogP contribution < -0.4 is 0 Å². The molecule has 7 aromatic rings. The van der Waals surface area contributed by atoms with E-state index in [1.807, 2.05) is 56.7 Å². The second-order valence-electron chi connectivity index (χ2n) is 23.0. The van der Waals surface area contributed by atoms with E-state index in [4.69, 9.17) is 0 Å². The van der Waals surface area contributed by atoms with Gasteiger partial charge < -0.3 is 0 Å². The Hall–Kier alpha value is -2.13. The van der Waals surface area contributed by atoms with Gasteiger partial charge >= 0.3 is 0 Å². The van der Waals surface area contributed by atoms with E-state index in [2.05, 4.69) is 146 Å². The van der Waals surface area contributed by atoms with Gasteiger partial charge in [-0.25, -0.2) is 4.39 Å². The molecule has 0 bridgehead atoms. The molecule has 378 valence electrons. The van der Waals surface area contributed by atoms with Crippen molar-refractivity contribution < 1.29 is 4.39 Å². The lowest BCUT2D eigenvalue weighted by molar-refractivity contribution is 0.429. The van der Waals surface area contributed by atoms with Gasteiger partial charge in [0.2, 0.25) is 0 Å². The lowest BCUT2D eigenvalue weighted by Crippen LogP contribution is -2.09. The van der Waals surface area contributed by atoms with Crippen molar-refractivity contribution in [2.45, 2.75) is 210 Å². The fourth-order valence-electron chi connectivity index (χ4n) is 9.76. The van der Waals surface area contributed by atoms with Crippen molar-refractivity contribution in [1.82, 2.24) is 0 Å². The van der Waals surface area contributed by atoms with Crippen LogP contribution in [0, 0.1) is 36.4 Å². The zero-order chi connectivity index (χ0) is 50.2. The Morgan fingerprint density at radius 3 is 1.86 bits per heavy atom. The third-order valence-corrected chi connectivity index (χ3v) is 22.2. The largest absolute Gasteiger partial charge is 0.205 e. The zero-order valence-electron chi connectivity index (χ0n) is 45.2. The maximum absolute atomic E-state index is 16.7. The monoisotopic (exact) mass is 1040 g/mol. The van der Waals surface area contributed by atoms with Gasteiger partial charge in [-0.05, 0) is 121 Å². The maximum atomic E-state index is 16.7. The summed E-state index contributed by atoms with van der Waals surface area (Å²) < 4.78 is 20.6. The second-order valence-corrected chi connectivity index (χ2v) is 29.7. The van der Waals surface area contributed by atoms with Gasteiger partial charge in [-0.1, -0.05) is 174 Å². The predicted molar refractivity (Wildman–Crippen MR) is 320 cm³/mol. The fraction of sp³-hybridized carbons (Fsp3) is 0.581. The molecule has 0 radical (unpaired) electrons. The average Bonchev–Trinajstić information content (AvgIpc) is 4.16. The summed E-state index contributed by atoms with van der Waals surface area (Å²) in [5.41, 5.74) is 2.28. The number of allylic oxidation sites excluding steroid dienone is 1. The molecule has 0 N–H and O–H groups in total. The lowest BCUT2D eigenvalue weighted by Gasteiger charge is -2.16. The molecule has 6 heterocycles. The Morgan fingerprint density at radius 2 is 1.28 bits per heavy atom. The highest BCUT2D eigenvalue weighted by Crippen LogP contribution is 2.54. The predicted octanol–water partition coefficient (Wildman–Crippen LogP) is 23.7. The molecule has 1 aromatic carbocycles. The molecule has 7 rings (SSSR count). The number of halogens is 1. The number of unbranched alkanes of at least 4 members (excludes halogenated alkanes) is 2. The van der Waals surface area contributed by atoms with E-state index in [0.717, 1.165) is 56.0 Å². The van der Waals surface area contributed by atoms with Crippen molar-refractivity contribution in [3.05, 3.63) is 84.1 Å². The Balaban J connectivity index is 0.000000480. The van der Waals surface area contributed by atoms with Crippen LogP contribution in [0.1, 0.15) is 209 Å². The minimum atomic E-state index is -0.165. The molecule has 3 atom stereocenters. The number of fused-ring (bicyclic) bond motifs is 3. The molecule has 0 nitrogen and oxygen atoms in total. The standard InChI is InChI=1S/C49H65FS5.C13H22S/c1-13-15-22-32(14-2)25-34-23-24-36(51-34)40-35-28-38(52-37(35)26-33-27-39(48(7,8)9)53-44(33)40)45-46-41(47(55-45)49(10,11)12)42(50)43(54-46)31(6)21-17-20-30(5)19-16-18-29(3)4;1-4-6-7-12(5-2)10-13-9-8-11(3)14-13/h23-24,26-30,32H,6,13-22,25H2,1-5,7-12H3;8-9,12H,4-7,10H2,1-3H3. The molecule has 0 fully saturated rings. The summed E-state index contributed by atoms with van der Waals surface area (Å²) in [6, 6.07) is 16.7. The van der Waals surface area contributed by atoms with Gasteiger partial charge in [-0.3, -0.25) is 0 Å². The first-order valence-corrected chi connectivity index (χ1v) is 31.7. The third kappa shape index (κ3) is 14.6. The fourth-order valence-corrected chi connectivity index (χ4v) is 17.3. The van der Waals surface area contributed by atoms with E-state index < -0.39 is 0 Å². The molecule has 6 aromatic heterocycles. The molecule has 0 amide bonds. The van der Waals surface area contributed by atoms with Gasteiger partial charge in [0, 0.05) is 59.9 Å². The average molecular weight is 1040 g/mol. The highest BCUT2D eigenvalue weighted by atomic mass is 32.1. The normalized spacial score (nSPS) is 13.8. The van der Waals surface area contributed by atoms with Crippen LogP contribution in [0.15, 0.2) is 49.0 Å². The Bertz CT molecular complexity index is 2700. The van der Waals surface area contributed by atoms with Gasteiger partial charge in [-0.15, -0.1) is 68.0 Å². The van der Waals surface area contributed by atoms with E-state index >= 15 is 4.39 Å². The Kier molecular flexibility index (Phi) is 20.5. The van der Waals surface area contributed by atoms with Crippen LogP contribution in [0.5, 0.6) is 0 Å². The molecule has 0 aliphatic rings. The smallest absolute Gasteiger partial charge is 0.150 e. The van der Waals surface area contributed by atoms with Gasteiger partial charge in [0.15, 0.2) is 0 Å². The van der Waals surface area contributed by atoms with Crippen molar-refractivity contribution in [2.24, 2.45) is 23.7 Å². The van der Waals surface area contributed by atoms with Gasteiger partial charge in [-0.2, -0.15) is 0 Å². The number of hydrogen-bond acceptors (Lipinski definition) is 6. The number of benzene rings is 1. The second kappa shape index (κ2) is 25.2. The highest BCUT2D eigenvalue weighted by Gasteiger charge is 2.30. The molecular formula is C62H87FS6. The summed E-state index contributed by atoms with van der Waals surface area (Å²) in [5, 5.41) is 3.52. The number of rotatable bonds is 23. The van der Waals surface area contributed by atoms with Crippen molar-refractivity contribution >= 4 is 104 Å². The minimum Gasteiger partial charge on any atom is -0.205 e. The molecular weight excluding hydrogens is 956 g/mol. The summed E-state index contributed by atoms with van der Waals surface area (Å²) in [6.45, 7) is 36.6. The van der Waals surface area contributed by atoms with E-state index in [1.165, 1.54) is 145 Å². The van der Waals surface area contributed by atoms with Gasteiger partial charge in [0.1, 0.15) is 5.82 Å². The van der Waals surface area contributed by atoms with Crippen LogP contribution >= 0.6 is 68.0 Å². The maximum Gasteiger partial charge on any atom is 0.150 e. The summed E-state index contributed by atoms with van der Waals surface area (Å²) in [5.74, 6) is 3.09. The van der Waals surface area contributed by atoms with Crippen LogP contribution in [0.2, 0.25) is 0 Å². The first-order chi connectivity index (χ1) is 32.8. The molecule has 3 unspecified atom stereocenters. The van der Waals surface area contributed by atoms with Crippen LogP contribution in [0.3, 0.4) is 0 Å². The first kappa shape index (κ1) is 56.2. The van der Waals surface area contributed by atoms with Gasteiger partial charge in [0.05, 0.1) is 14.5 Å². The third-order valence-electron chi connectivity index (χ3n) is 14.2. The first-order valence-electron chi connectivity index (χ1n) is 26.8. The molecule has 0 saturated heterocycles. The topological polar surface area (TPSA) is 0 Å². The zero-order valence-corrected chi connectivity index (χ0v) is 50.1. The Morgan fingerprint density at radius 1 is 0.638 bits per heavy atom. The van der Waals surface area contributed by atoms with E-state index in [1.54, 1.807) is 16.2 Å². The van der Waals surface area contributed by atoms with Crippen LogP contribution in [-0.4, -0.2) is 0 Å². The molecule has 7 heteroatoms. The lowest BCUT2D eigenvalue weighted by atomic mass is 9.92. The van der Waals surface area contributed by atoms with Crippen molar-refractivity contribution in [3.63, 3.8) is 0 Å². The molecule has 69 heavy (non-hydrogen) atoms. The quantitative estimate of drug-likeness (QED) is 0.0599. The van der Waals surface area contributed by atoms with Gasteiger partial charge in [0.25, 0.3) is 0 Å². The summed E-state index contributed by atoms with van der Waals surface area (Å²) in [6.07, 6.45) is 20.1. The van der Waals surface area contributed by atoms with E-state index in [9.17, 15) is 0 Å². The minimum absolute atomic E-state index is 0.0464. The van der Waals surface area contributed by atoms with E-state index in [-0.39, 0.29) is 16.6 Å². The SMILES string of the molecule is C=C(CCCC(C)CCCC(C)C)c1sc2c(-c3cc4c(-c5ccc(CC(CC)CCCC)s5)c5sc(C(C)(C)C)cc5cc4s3)sc(C(C)(C)C)c2c1F.CCCCC(CC)Cc1ccc(C)s1. The van der Waals surface area contributed by atoms with E-state index in [0.29, 0.717) is 5.92 Å². The molecule has 0 spiro atoms. The van der Waals surface area contributed by atoms with Crippen molar-refractivity contribution in [2.75, 3.05) is 0 Å². The molecule has 0 aliphatic heterocycles. The number of aryl methyl sites for hydroxylation is 1. The Labute approximate surface area is 443 Å². The summed E-state index contributed by atoms with van der Waals surface area (Å²) >= 11 is 11.3. The number of thiophene rings is 6. The van der Waals surface area contributed by atoms with Crippen LogP contribution in [-0.2, 0) is 23.7 Å². The van der Waals surface area contributed by atoms with Crippen LogP contribution in [0.4, 0.5) is 4.39 Å².